The Morgan fingerprint density at radius 1 is 0.282 bits per heavy atom. The van der Waals surface area contributed by atoms with Crippen molar-refractivity contribution < 1.29 is 9.68 Å². The predicted octanol–water partition coefficient (Wildman–Crippen LogP) is 26.1. The van der Waals surface area contributed by atoms with Gasteiger partial charge in [0.25, 0.3) is 0 Å². The lowest BCUT2D eigenvalue weighted by atomic mass is 9.48. The fraction of sp³-hybridized carbons (Fsp3) is 0.208. The van der Waals surface area contributed by atoms with E-state index >= 15 is 0 Å². The monoisotopic (exact) mass is 1480 g/mol. The van der Waals surface area contributed by atoms with Crippen LogP contribution in [0.15, 0.2) is 369 Å². The van der Waals surface area contributed by atoms with Crippen molar-refractivity contribution in [3.8, 4) is 61.4 Å². The first-order chi connectivity index (χ1) is 53.9. The zero-order valence-electron chi connectivity index (χ0n) is 62.7. The zero-order chi connectivity index (χ0) is 73.9. The van der Waals surface area contributed by atoms with Crippen LogP contribution in [0, 0.1) is 94.7 Å². The van der Waals surface area contributed by atoms with Crippen LogP contribution < -0.4 is 4.65 Å². The third-order valence-electron chi connectivity index (χ3n) is 27.5. The summed E-state index contributed by atoms with van der Waals surface area (Å²) in [6.45, 7) is 9.33. The van der Waals surface area contributed by atoms with Crippen molar-refractivity contribution in [2.75, 3.05) is 0 Å². The lowest BCUT2D eigenvalue weighted by Gasteiger charge is -2.55. The van der Waals surface area contributed by atoms with Crippen LogP contribution in [0.25, 0.3) is 88.3 Å². The highest BCUT2D eigenvalue weighted by Crippen LogP contribution is 2.62. The summed E-state index contributed by atoms with van der Waals surface area (Å²) >= 11 is 3.69. The maximum Gasteiger partial charge on any atom is 0.569 e. The molecule has 1 radical (unpaired) electrons. The molecular weight excluding hydrogens is 1400 g/mol. The number of rotatable bonds is 7. The molecule has 2 saturated carbocycles. The van der Waals surface area contributed by atoms with Crippen LogP contribution in [0.2, 0.25) is 0 Å². The van der Waals surface area contributed by atoms with Crippen molar-refractivity contribution in [2.45, 2.75) is 38.5 Å². The van der Waals surface area contributed by atoms with Crippen LogP contribution in [0.5, 0.6) is 5.75 Å². The molecule has 12 aliphatic carbocycles. The van der Waals surface area contributed by atoms with Gasteiger partial charge < -0.3 is 9.68 Å². The Bertz CT molecular complexity index is 5860. The van der Waals surface area contributed by atoms with E-state index in [0.717, 1.165) is 15.2 Å². The molecule has 16 atom stereocenters. The van der Waals surface area contributed by atoms with Gasteiger partial charge in [0, 0.05) is 27.1 Å². The maximum absolute atomic E-state index is 8.82. The van der Waals surface area contributed by atoms with Crippen molar-refractivity contribution >= 4 is 56.3 Å². The van der Waals surface area contributed by atoms with E-state index in [1.54, 1.807) is 0 Å². The quantitative estimate of drug-likeness (QED) is 0.161. The van der Waals surface area contributed by atoms with Gasteiger partial charge in [0.1, 0.15) is 5.75 Å². The lowest BCUT2D eigenvalue weighted by molar-refractivity contribution is 0.0513. The molecule has 2 fully saturated rings. The highest BCUT2D eigenvalue weighted by molar-refractivity contribution is 9.10. The summed E-state index contributed by atoms with van der Waals surface area (Å²) in [7, 11) is 0.708. The van der Waals surface area contributed by atoms with E-state index < -0.39 is 0 Å². The molecule has 22 rings (SSSR count). The predicted molar refractivity (Wildman–Crippen MR) is 464 cm³/mol. The molecule has 16 unspecified atom stereocenters. The minimum atomic E-state index is -0.00102. The molecule has 0 bridgehead atoms. The number of allylic oxidation sites excluding steroid dienone is 28. The first kappa shape index (κ1) is 68.6. The van der Waals surface area contributed by atoms with Crippen LogP contribution >= 0.6 is 15.9 Å². The van der Waals surface area contributed by atoms with Crippen LogP contribution in [0.4, 0.5) is 0 Å². The molecule has 110 heavy (non-hydrogen) atoms. The summed E-state index contributed by atoms with van der Waals surface area (Å²) in [6, 6.07) is 76.0. The number of benzene rings is 10. The second-order valence-electron chi connectivity index (χ2n) is 33.7. The Balaban J connectivity index is 0.000000118. The van der Waals surface area contributed by atoms with Gasteiger partial charge >= 0.3 is 7.69 Å². The van der Waals surface area contributed by atoms with Crippen molar-refractivity contribution in [3.63, 3.8) is 0 Å². The number of halogens is 1. The Kier molecular flexibility index (Phi) is 17.3. The summed E-state index contributed by atoms with van der Waals surface area (Å²) < 4.78 is 6.22. The fourth-order valence-electron chi connectivity index (χ4n) is 22.4. The topological polar surface area (TPSA) is 29.5 Å². The SMILES string of the molecule is Brc1cccc(C2=CC3C4C=CC=CC4C4C=CC=CC4C3C3C=CC=CC23)c1.CC1(C)c2ccccc2-c2ccc(-c3ccc4cc(-c5cccc(C6=CC7C8C=CC=CC8C8C=CC=CC8C7C7C=CC=CC67)c5)ccc4c3)cc21.CC1(C)c2ccccc2-c2ccc(-c3ccc4cc(O[B]O)ccc4c3)cc21. The van der Waals surface area contributed by atoms with Crippen LogP contribution in [0.3, 0.4) is 0 Å². The van der Waals surface area contributed by atoms with Gasteiger partial charge in [-0.2, -0.15) is 0 Å². The van der Waals surface area contributed by atoms with E-state index in [0.29, 0.717) is 108 Å². The molecule has 0 saturated heterocycles. The molecular formula is C106H89BBrO2. The highest BCUT2D eigenvalue weighted by Gasteiger charge is 2.55. The Morgan fingerprint density at radius 3 is 1.07 bits per heavy atom. The van der Waals surface area contributed by atoms with Gasteiger partial charge in [-0.05, 0) is 265 Å². The van der Waals surface area contributed by atoms with Gasteiger partial charge in [-0.15, -0.1) is 0 Å². The Labute approximate surface area is 658 Å². The average Bonchev–Trinajstić information content (AvgIpc) is 1.14. The first-order valence-corrected chi connectivity index (χ1v) is 40.8. The third kappa shape index (κ3) is 11.7. The molecule has 0 aromatic heterocycles. The van der Waals surface area contributed by atoms with Gasteiger partial charge in [0.05, 0.1) is 0 Å². The van der Waals surface area contributed by atoms with Crippen LogP contribution in [-0.4, -0.2) is 12.7 Å². The van der Waals surface area contributed by atoms with Gasteiger partial charge in [-0.25, -0.2) is 0 Å². The Hall–Kier alpha value is -10.6. The van der Waals surface area contributed by atoms with Crippen molar-refractivity contribution in [1.82, 2.24) is 0 Å². The van der Waals surface area contributed by atoms with Gasteiger partial charge in [-0.3, -0.25) is 0 Å². The summed E-state index contributed by atoms with van der Waals surface area (Å²) in [5.41, 5.74) is 24.3. The molecule has 0 spiro atoms. The van der Waals surface area contributed by atoms with E-state index in [2.05, 4.69) is 390 Å². The van der Waals surface area contributed by atoms with Crippen molar-refractivity contribution in [1.29, 1.82) is 0 Å². The molecule has 1 N–H and O–H groups in total. The first-order valence-electron chi connectivity index (χ1n) is 40.0. The number of fused-ring (bicyclic) bond motifs is 24. The van der Waals surface area contributed by atoms with E-state index in [4.69, 9.17) is 9.68 Å². The zero-order valence-corrected chi connectivity index (χ0v) is 64.3. The third-order valence-corrected chi connectivity index (χ3v) is 28.0. The molecule has 535 valence electrons. The molecule has 10 aromatic rings. The standard InChI is InChI=1S/C53H44.C28H25Br.C25H20BO2/c1-53(2)50-21-10-9-18-44(50)45-27-26-38(31-51(45)53)37-25-24-35-28-34(22-23-36(35)29-37)33-12-11-13-39(30-33)48-32-49-42-16-4-3-14-40(42)41-15-5-7-19-46(41)52(49)47-20-8-6-17-43(47)48;29-19-9-7-8-18(16-19)26-17-27-22-12-2-1-10-20(22)21-11-3-5-14-24(21)28(27)25-15-6-4-13-23(25)26;1-25(2)23-6-4-3-5-21(23)22-12-10-19(15-24(22)25)16-7-8-18-14-20(28-26-27)11-9-17(18)13-16/h3-32,40-43,46-47,49,52H,1-2H3;1-17,20-25,27-28H;3-15,27H,1-2H3. The summed E-state index contributed by atoms with van der Waals surface area (Å²) in [4.78, 5) is 0. The maximum atomic E-state index is 8.82. The lowest BCUT2D eigenvalue weighted by Crippen LogP contribution is -2.50. The van der Waals surface area contributed by atoms with E-state index in [9.17, 15) is 0 Å². The number of hydrogen-bond acceptors (Lipinski definition) is 2. The molecule has 0 aliphatic heterocycles. The van der Waals surface area contributed by atoms with Crippen molar-refractivity contribution in [3.05, 3.63) is 402 Å². The van der Waals surface area contributed by atoms with Crippen molar-refractivity contribution in [2.24, 2.45) is 94.7 Å². The molecule has 2 nitrogen and oxygen atoms in total. The van der Waals surface area contributed by atoms with Crippen LogP contribution in [-0.2, 0) is 10.8 Å². The summed E-state index contributed by atoms with van der Waals surface area (Å²) in [5, 5.41) is 13.6. The second-order valence-corrected chi connectivity index (χ2v) is 34.6. The second kappa shape index (κ2) is 27.7. The van der Waals surface area contributed by atoms with E-state index in [-0.39, 0.29) is 10.8 Å². The normalized spacial score (nSPS) is 28.3. The molecule has 10 aromatic carbocycles. The number of hydrogen-bond donors (Lipinski definition) is 1. The van der Waals surface area contributed by atoms with Crippen LogP contribution in [0.1, 0.15) is 61.1 Å². The van der Waals surface area contributed by atoms with Gasteiger partial charge in [0.2, 0.25) is 0 Å². The summed E-state index contributed by atoms with van der Waals surface area (Å²) in [6.07, 6.45) is 62.7. The van der Waals surface area contributed by atoms with E-state index in [1.807, 2.05) is 18.2 Å². The molecule has 4 heteroatoms. The molecule has 0 heterocycles. The molecule has 0 amide bonds. The van der Waals surface area contributed by atoms with Gasteiger partial charge in [0.15, 0.2) is 0 Å². The average molecular weight is 1490 g/mol. The van der Waals surface area contributed by atoms with E-state index in [1.165, 1.54) is 111 Å². The fourth-order valence-corrected chi connectivity index (χ4v) is 22.8. The summed E-state index contributed by atoms with van der Waals surface area (Å²) in [5.74, 6) is 9.55. The minimum Gasteiger partial charge on any atom is -0.537 e. The highest BCUT2D eigenvalue weighted by atomic mass is 79.9. The van der Waals surface area contributed by atoms with Gasteiger partial charge in [-0.1, -0.05) is 347 Å². The minimum absolute atomic E-state index is 0.00102. The molecule has 12 aliphatic rings. The smallest absolute Gasteiger partial charge is 0.537 e. The Morgan fingerprint density at radius 2 is 0.618 bits per heavy atom. The largest absolute Gasteiger partial charge is 0.569 e.